The van der Waals surface area contributed by atoms with Gasteiger partial charge in [-0.2, -0.15) is 13.2 Å². The molecule has 0 aliphatic carbocycles. The number of nitrogens with zero attached hydrogens (tertiary/aromatic N) is 6. The minimum absolute atomic E-state index is 0. The molecule has 0 amide bonds. The number of halogens is 3. The van der Waals surface area contributed by atoms with Gasteiger partial charge in [-0.3, -0.25) is 20.2 Å². The molecule has 0 aliphatic heterocycles. The Hall–Kier alpha value is -2.80. The van der Waals surface area contributed by atoms with Crippen molar-refractivity contribution in [2.24, 2.45) is 10.8 Å². The smallest absolute Gasteiger partial charge is 0.343 e. The molecule has 41 heavy (non-hydrogen) atoms. The third-order valence-corrected chi connectivity index (χ3v) is 6.40. The van der Waals surface area contributed by atoms with Gasteiger partial charge in [0.2, 0.25) is 0 Å². The molecule has 0 aliphatic rings. The predicted octanol–water partition coefficient (Wildman–Crippen LogP) is 7.28. The van der Waals surface area contributed by atoms with Gasteiger partial charge in [0.15, 0.2) is 0 Å². The molecule has 0 radical (unpaired) electrons. The van der Waals surface area contributed by atoms with E-state index in [1.54, 1.807) is 10.7 Å². The third-order valence-electron chi connectivity index (χ3n) is 6.40. The summed E-state index contributed by atoms with van der Waals surface area (Å²) in [6, 6.07) is 10.6. The van der Waals surface area contributed by atoms with E-state index < -0.39 is 17.3 Å². The van der Waals surface area contributed by atoms with Crippen LogP contribution >= 0.6 is 0 Å². The standard InChI is InChI=1S/C31H37F3N6.Pt/c1-20-10-12-39(37-20)26-16-21(18-28(2,3)4)14-24(35-26)30(8,9)25-15-22(19-29(5,6)7)17-27(36-25)40-13-11-23(38-40)31(32,33)34;/h10-11,14-17H,18-19H2,1-9H3;/q-2;+2. The zero-order chi connectivity index (χ0) is 29.7. The average Bonchev–Trinajstić information content (AvgIpc) is 3.46. The third kappa shape index (κ3) is 8.15. The van der Waals surface area contributed by atoms with E-state index in [1.807, 2.05) is 39.0 Å². The first-order valence-corrected chi connectivity index (χ1v) is 13.3. The van der Waals surface area contributed by atoms with Crippen molar-refractivity contribution in [3.8, 4) is 11.6 Å². The van der Waals surface area contributed by atoms with Crippen molar-refractivity contribution >= 4 is 0 Å². The molecule has 4 aromatic rings. The second kappa shape index (κ2) is 11.5. The summed E-state index contributed by atoms with van der Waals surface area (Å²) in [5.74, 6) is 0.932. The Bertz CT molecular complexity index is 1500. The number of alkyl halides is 3. The quantitative estimate of drug-likeness (QED) is 0.195. The van der Waals surface area contributed by atoms with Crippen LogP contribution in [0.25, 0.3) is 11.6 Å². The van der Waals surface area contributed by atoms with Crippen LogP contribution in [-0.4, -0.2) is 29.5 Å². The van der Waals surface area contributed by atoms with Gasteiger partial charge in [-0.15, -0.1) is 12.1 Å². The summed E-state index contributed by atoms with van der Waals surface area (Å²) in [4.78, 5) is 9.81. The van der Waals surface area contributed by atoms with Crippen LogP contribution in [0.3, 0.4) is 0 Å². The minimum atomic E-state index is -4.57. The zero-order valence-corrected chi connectivity index (χ0v) is 27.3. The number of aryl methyl sites for hydroxylation is 1. The molecule has 0 saturated carbocycles. The molecule has 4 heterocycles. The van der Waals surface area contributed by atoms with Crippen molar-refractivity contribution in [2.75, 3.05) is 0 Å². The van der Waals surface area contributed by atoms with E-state index in [9.17, 15) is 13.2 Å². The van der Waals surface area contributed by atoms with Crippen molar-refractivity contribution in [3.63, 3.8) is 0 Å². The van der Waals surface area contributed by atoms with Crippen molar-refractivity contribution in [1.29, 1.82) is 0 Å². The van der Waals surface area contributed by atoms with Crippen LogP contribution < -0.4 is 0 Å². The Balaban J connectivity index is 0.00000462. The van der Waals surface area contributed by atoms with Crippen molar-refractivity contribution in [1.82, 2.24) is 29.5 Å². The normalized spacial score (nSPS) is 12.9. The summed E-state index contributed by atoms with van der Waals surface area (Å²) in [5.41, 5.74) is 2.59. The minimum Gasteiger partial charge on any atom is -0.343 e. The molecular formula is C31H37F3N6Pt. The Morgan fingerprint density at radius 2 is 1.10 bits per heavy atom. The fourth-order valence-electron chi connectivity index (χ4n) is 4.59. The number of pyridine rings is 2. The molecule has 0 unspecified atom stereocenters. The second-order valence-corrected chi connectivity index (χ2v) is 13.4. The molecule has 0 bridgehead atoms. The van der Waals surface area contributed by atoms with Crippen LogP contribution in [0.15, 0.2) is 36.4 Å². The summed E-state index contributed by atoms with van der Waals surface area (Å²) in [5, 5.41) is 8.26. The van der Waals surface area contributed by atoms with Crippen LogP contribution in [0.2, 0.25) is 0 Å². The zero-order valence-electron chi connectivity index (χ0n) is 25.0. The first kappa shape index (κ1) is 32.7. The summed E-state index contributed by atoms with van der Waals surface area (Å²) >= 11 is 0. The molecule has 4 rings (SSSR count). The molecule has 0 fully saturated rings. The van der Waals surface area contributed by atoms with Crippen molar-refractivity contribution in [3.05, 3.63) is 82.7 Å². The van der Waals surface area contributed by atoms with E-state index in [0.717, 1.165) is 39.7 Å². The van der Waals surface area contributed by atoms with Crippen molar-refractivity contribution < 1.29 is 34.2 Å². The van der Waals surface area contributed by atoms with Gasteiger partial charge in [0, 0.05) is 16.8 Å². The summed E-state index contributed by atoms with van der Waals surface area (Å²) in [6.07, 6.45) is 2.67. The Kier molecular flexibility index (Phi) is 9.15. The van der Waals surface area contributed by atoms with E-state index in [0.29, 0.717) is 17.9 Å². The summed E-state index contributed by atoms with van der Waals surface area (Å²) in [6.45, 7) is 18.9. The van der Waals surface area contributed by atoms with Crippen LogP contribution in [-0.2, 0) is 45.5 Å². The van der Waals surface area contributed by atoms with E-state index in [4.69, 9.17) is 9.97 Å². The number of rotatable bonds is 6. The molecule has 0 spiro atoms. The first-order chi connectivity index (χ1) is 18.3. The molecule has 10 heteroatoms. The van der Waals surface area contributed by atoms with Gasteiger partial charge in [-0.25, -0.2) is 0 Å². The fraction of sp³-hybridized carbons (Fsp3) is 0.484. The second-order valence-electron chi connectivity index (χ2n) is 13.4. The van der Waals surface area contributed by atoms with Gasteiger partial charge in [0.05, 0.1) is 17.3 Å². The average molecular weight is 746 g/mol. The van der Waals surface area contributed by atoms with Crippen LogP contribution in [0.5, 0.6) is 0 Å². The maximum atomic E-state index is 13.3. The maximum Gasteiger partial charge on any atom is 2.00 e. The molecule has 6 nitrogen and oxygen atoms in total. The van der Waals surface area contributed by atoms with Crippen LogP contribution in [0.4, 0.5) is 13.2 Å². The Morgan fingerprint density at radius 3 is 1.46 bits per heavy atom. The number of aromatic nitrogens is 6. The first-order valence-electron chi connectivity index (χ1n) is 13.3. The topological polar surface area (TPSA) is 61.4 Å². The summed E-state index contributed by atoms with van der Waals surface area (Å²) in [7, 11) is 0. The fourth-order valence-corrected chi connectivity index (χ4v) is 4.59. The largest absolute Gasteiger partial charge is 2.00 e. The van der Waals surface area contributed by atoms with E-state index in [1.165, 1.54) is 0 Å². The van der Waals surface area contributed by atoms with Gasteiger partial charge >= 0.3 is 27.2 Å². The SMILES string of the molecule is Cc1c[c-]n(-c2cc(CC(C)(C)C)cc(C(C)(C)c3cc(CC(C)(C)C)cc(-n4[c-]cc(C(F)(F)F)n4)n3)n2)n1.[Pt+2]. The van der Waals surface area contributed by atoms with E-state index in [-0.39, 0.29) is 37.7 Å². The molecule has 222 valence electrons. The monoisotopic (exact) mass is 745 g/mol. The number of hydrogen-bond donors (Lipinski definition) is 0. The molecule has 0 atom stereocenters. The molecule has 0 aromatic carbocycles. The predicted molar refractivity (Wildman–Crippen MR) is 149 cm³/mol. The molecule has 0 N–H and O–H groups in total. The Labute approximate surface area is 255 Å². The summed E-state index contributed by atoms with van der Waals surface area (Å²) < 4.78 is 42.6. The van der Waals surface area contributed by atoms with Crippen LogP contribution in [0, 0.1) is 30.1 Å². The van der Waals surface area contributed by atoms with Gasteiger partial charge in [-0.05, 0) is 55.3 Å². The van der Waals surface area contributed by atoms with Crippen LogP contribution in [0.1, 0.15) is 89.3 Å². The van der Waals surface area contributed by atoms with Gasteiger partial charge in [-0.1, -0.05) is 84.1 Å². The van der Waals surface area contributed by atoms with E-state index >= 15 is 0 Å². The van der Waals surface area contributed by atoms with Crippen molar-refractivity contribution in [2.45, 2.75) is 86.7 Å². The van der Waals surface area contributed by atoms with Gasteiger partial charge in [0.1, 0.15) is 0 Å². The van der Waals surface area contributed by atoms with Gasteiger partial charge in [0.25, 0.3) is 0 Å². The van der Waals surface area contributed by atoms with Gasteiger partial charge < -0.3 is 9.36 Å². The Morgan fingerprint density at radius 1 is 0.659 bits per heavy atom. The maximum absolute atomic E-state index is 13.3. The van der Waals surface area contributed by atoms with E-state index in [2.05, 4.69) is 70.2 Å². The molecule has 0 saturated heterocycles. The molecular weight excluding hydrogens is 708 g/mol. The number of hydrogen-bond acceptors (Lipinski definition) is 4. The molecule has 4 aromatic heterocycles.